The first kappa shape index (κ1) is 12.2. The summed E-state index contributed by atoms with van der Waals surface area (Å²) in [6, 6.07) is 10.5. The lowest BCUT2D eigenvalue weighted by Gasteiger charge is -2.06. The molecular weight excluding hydrogens is 236 g/mol. The maximum atomic E-state index is 5.69. The van der Waals surface area contributed by atoms with Gasteiger partial charge < -0.3 is 4.74 Å². The molecule has 0 bridgehead atoms. The molecule has 1 atom stereocenters. The molecule has 1 aromatic heterocycles. The summed E-state index contributed by atoms with van der Waals surface area (Å²) in [5.41, 5.74) is 0.838. The van der Waals surface area contributed by atoms with E-state index in [9.17, 15) is 0 Å². The van der Waals surface area contributed by atoms with Gasteiger partial charge in [-0.1, -0.05) is 38.1 Å². The molecule has 0 fully saturated rings. The van der Waals surface area contributed by atoms with Crippen LogP contribution in [0.2, 0.25) is 0 Å². The molecule has 3 nitrogen and oxygen atoms in total. The third-order valence-electron chi connectivity index (χ3n) is 3.31. The highest BCUT2D eigenvalue weighted by Crippen LogP contribution is 2.19. The predicted octanol–water partition coefficient (Wildman–Crippen LogP) is 3.43. The highest BCUT2D eigenvalue weighted by atomic mass is 16.5. The molecule has 0 saturated heterocycles. The first-order valence-corrected chi connectivity index (χ1v) is 6.78. The quantitative estimate of drug-likeness (QED) is 0.841. The molecule has 0 unspecified atom stereocenters. The molecule has 1 aliphatic rings. The van der Waals surface area contributed by atoms with Crippen LogP contribution in [0.3, 0.4) is 0 Å². The van der Waals surface area contributed by atoms with Crippen LogP contribution >= 0.6 is 0 Å². The van der Waals surface area contributed by atoms with Gasteiger partial charge in [-0.2, -0.15) is 0 Å². The number of aliphatic imine (C=N–C) groups is 1. The van der Waals surface area contributed by atoms with E-state index in [0.29, 0.717) is 18.4 Å². The van der Waals surface area contributed by atoms with E-state index in [1.165, 1.54) is 5.39 Å². The maximum Gasteiger partial charge on any atom is 0.235 e. The lowest BCUT2D eigenvalue weighted by atomic mass is 10.1. The van der Waals surface area contributed by atoms with Crippen LogP contribution in [-0.2, 0) is 4.74 Å². The van der Waals surface area contributed by atoms with Crippen molar-refractivity contribution in [1.82, 2.24) is 4.98 Å². The van der Waals surface area contributed by atoms with Crippen molar-refractivity contribution in [3.05, 3.63) is 42.2 Å². The molecule has 1 aliphatic heterocycles. The van der Waals surface area contributed by atoms with E-state index in [4.69, 9.17) is 4.74 Å². The summed E-state index contributed by atoms with van der Waals surface area (Å²) >= 11 is 0. The molecule has 0 spiro atoms. The molecule has 1 aromatic carbocycles. The van der Waals surface area contributed by atoms with Gasteiger partial charge in [-0.15, -0.1) is 0 Å². The molecule has 3 heteroatoms. The number of hydrogen-bond acceptors (Lipinski definition) is 3. The number of benzene rings is 1. The SMILES string of the molecule is CC(C)C[C@H]1COC(c2cc3ccccc3cn2)=N1. The van der Waals surface area contributed by atoms with Crippen molar-refractivity contribution in [1.29, 1.82) is 0 Å². The number of ether oxygens (including phenoxy) is 1. The Kier molecular flexibility index (Phi) is 3.20. The predicted molar refractivity (Wildman–Crippen MR) is 77.5 cm³/mol. The lowest BCUT2D eigenvalue weighted by Crippen LogP contribution is -2.09. The fourth-order valence-corrected chi connectivity index (χ4v) is 2.42. The summed E-state index contributed by atoms with van der Waals surface area (Å²) < 4.78 is 5.69. The van der Waals surface area contributed by atoms with Crippen LogP contribution < -0.4 is 0 Å². The smallest absolute Gasteiger partial charge is 0.235 e. The zero-order valence-electron chi connectivity index (χ0n) is 11.3. The van der Waals surface area contributed by atoms with Crippen LogP contribution in [0.4, 0.5) is 0 Å². The number of pyridine rings is 1. The maximum absolute atomic E-state index is 5.69. The molecule has 0 aliphatic carbocycles. The Hall–Kier alpha value is -1.90. The Balaban J connectivity index is 1.88. The fraction of sp³-hybridized carbons (Fsp3) is 0.375. The van der Waals surface area contributed by atoms with Gasteiger partial charge in [-0.3, -0.25) is 4.98 Å². The molecular formula is C16H18N2O. The molecule has 0 amide bonds. The zero-order valence-corrected chi connectivity index (χ0v) is 11.3. The van der Waals surface area contributed by atoms with Gasteiger partial charge in [0.2, 0.25) is 5.90 Å². The Morgan fingerprint density at radius 3 is 2.84 bits per heavy atom. The van der Waals surface area contributed by atoms with E-state index >= 15 is 0 Å². The summed E-state index contributed by atoms with van der Waals surface area (Å²) in [6.07, 6.45) is 2.95. The Bertz CT molecular complexity index is 619. The average Bonchev–Trinajstić information content (AvgIpc) is 2.86. The molecule has 0 saturated carbocycles. The van der Waals surface area contributed by atoms with E-state index in [1.54, 1.807) is 0 Å². The number of aromatic nitrogens is 1. The summed E-state index contributed by atoms with van der Waals surface area (Å²) in [5, 5.41) is 2.31. The lowest BCUT2D eigenvalue weighted by molar-refractivity contribution is 0.301. The van der Waals surface area contributed by atoms with E-state index in [0.717, 1.165) is 17.5 Å². The first-order valence-electron chi connectivity index (χ1n) is 6.78. The van der Waals surface area contributed by atoms with Gasteiger partial charge in [0, 0.05) is 11.6 Å². The van der Waals surface area contributed by atoms with Crippen LogP contribution in [0.25, 0.3) is 10.8 Å². The average molecular weight is 254 g/mol. The summed E-state index contributed by atoms with van der Waals surface area (Å²) in [6.45, 7) is 5.10. The molecule has 19 heavy (non-hydrogen) atoms. The third-order valence-corrected chi connectivity index (χ3v) is 3.31. The van der Waals surface area contributed by atoms with Crippen molar-refractivity contribution in [2.24, 2.45) is 10.9 Å². The van der Waals surface area contributed by atoms with E-state index < -0.39 is 0 Å². The molecule has 98 valence electrons. The van der Waals surface area contributed by atoms with Crippen LogP contribution in [0.15, 0.2) is 41.5 Å². The van der Waals surface area contributed by atoms with Crippen molar-refractivity contribution in [2.45, 2.75) is 26.3 Å². The summed E-state index contributed by atoms with van der Waals surface area (Å²) in [7, 11) is 0. The standard InChI is InChI=1S/C16H18N2O/c1-11(2)7-14-10-19-16(18-14)15-8-12-5-3-4-6-13(12)9-17-15/h3-6,8-9,11,14H,7,10H2,1-2H3/t14-/m0/s1. The van der Waals surface area contributed by atoms with Gasteiger partial charge in [0.25, 0.3) is 0 Å². The van der Waals surface area contributed by atoms with Crippen molar-refractivity contribution >= 4 is 16.7 Å². The summed E-state index contributed by atoms with van der Waals surface area (Å²) in [5.74, 6) is 1.33. The largest absolute Gasteiger partial charge is 0.474 e. The number of nitrogens with zero attached hydrogens (tertiary/aromatic N) is 2. The fourth-order valence-electron chi connectivity index (χ4n) is 2.42. The van der Waals surface area contributed by atoms with E-state index in [2.05, 4.69) is 36.0 Å². The topological polar surface area (TPSA) is 34.5 Å². The molecule has 2 heterocycles. The Morgan fingerprint density at radius 2 is 2.05 bits per heavy atom. The summed E-state index contributed by atoms with van der Waals surface area (Å²) in [4.78, 5) is 9.08. The van der Waals surface area contributed by atoms with Gasteiger partial charge in [0.15, 0.2) is 0 Å². The van der Waals surface area contributed by atoms with E-state index in [-0.39, 0.29) is 6.04 Å². The van der Waals surface area contributed by atoms with Gasteiger partial charge >= 0.3 is 0 Å². The second-order valence-corrected chi connectivity index (χ2v) is 5.45. The van der Waals surface area contributed by atoms with Crippen molar-refractivity contribution < 1.29 is 4.74 Å². The van der Waals surface area contributed by atoms with E-state index in [1.807, 2.05) is 24.4 Å². The van der Waals surface area contributed by atoms with Crippen molar-refractivity contribution in [3.63, 3.8) is 0 Å². The molecule has 3 rings (SSSR count). The minimum Gasteiger partial charge on any atom is -0.474 e. The van der Waals surface area contributed by atoms with Crippen LogP contribution in [0.5, 0.6) is 0 Å². The van der Waals surface area contributed by atoms with Crippen LogP contribution in [0.1, 0.15) is 26.0 Å². The van der Waals surface area contributed by atoms with Crippen molar-refractivity contribution in [3.8, 4) is 0 Å². The Morgan fingerprint density at radius 1 is 1.26 bits per heavy atom. The third kappa shape index (κ3) is 2.60. The number of rotatable bonds is 3. The van der Waals surface area contributed by atoms with Crippen LogP contribution in [-0.4, -0.2) is 23.5 Å². The minimum atomic E-state index is 0.281. The van der Waals surface area contributed by atoms with Gasteiger partial charge in [-0.05, 0) is 23.8 Å². The number of hydrogen-bond donors (Lipinski definition) is 0. The minimum absolute atomic E-state index is 0.281. The second-order valence-electron chi connectivity index (χ2n) is 5.45. The first-order chi connectivity index (χ1) is 9.22. The van der Waals surface area contributed by atoms with Gasteiger partial charge in [0.05, 0.1) is 6.04 Å². The highest BCUT2D eigenvalue weighted by Gasteiger charge is 2.21. The highest BCUT2D eigenvalue weighted by molar-refractivity contribution is 5.97. The number of fused-ring (bicyclic) bond motifs is 1. The Labute approximate surface area is 113 Å². The zero-order chi connectivity index (χ0) is 13.2. The normalized spacial score (nSPS) is 18.7. The van der Waals surface area contributed by atoms with Gasteiger partial charge in [-0.25, -0.2) is 4.99 Å². The molecule has 0 N–H and O–H groups in total. The molecule has 2 aromatic rings. The monoisotopic (exact) mass is 254 g/mol. The second kappa shape index (κ2) is 5.00. The molecule has 0 radical (unpaired) electrons. The van der Waals surface area contributed by atoms with Crippen molar-refractivity contribution in [2.75, 3.05) is 6.61 Å². The van der Waals surface area contributed by atoms with Crippen LogP contribution in [0, 0.1) is 5.92 Å². The van der Waals surface area contributed by atoms with Gasteiger partial charge in [0.1, 0.15) is 12.3 Å².